The Labute approximate surface area is 690 Å². The molecule has 4 fully saturated rings. The third kappa shape index (κ3) is 28.5. The lowest BCUT2D eigenvalue weighted by molar-refractivity contribution is -0.149. The Morgan fingerprint density at radius 1 is 0.598 bits per heavy atom. The molecular formula is C86H137N9O22. The minimum Gasteiger partial charge on any atom is -0.388 e. The number of ether oxygens (including phenoxy) is 5. The fraction of sp³-hybridized carbons (Fsp3) is 0.733. The second kappa shape index (κ2) is 47.8. The number of Topliss-reactive ketones (excluding diaryl/α,β-unsaturated/α-hetero) is 5. The van der Waals surface area contributed by atoms with E-state index in [0.717, 1.165) is 11.1 Å². The number of hydrogen-bond donors (Lipinski definition) is 12. The molecule has 13 N–H and O–H groups in total. The van der Waals surface area contributed by atoms with Crippen LogP contribution in [0.1, 0.15) is 169 Å². The van der Waals surface area contributed by atoms with Crippen LogP contribution in [0.3, 0.4) is 0 Å². The third-order valence-corrected chi connectivity index (χ3v) is 24.2. The van der Waals surface area contributed by atoms with E-state index in [0.29, 0.717) is 37.8 Å². The number of primary amides is 1. The fourth-order valence-corrected chi connectivity index (χ4v) is 17.2. The molecule has 31 nitrogen and oxygen atoms in total. The van der Waals surface area contributed by atoms with Crippen LogP contribution in [0.5, 0.6) is 0 Å². The van der Waals surface area contributed by atoms with Gasteiger partial charge in [0.1, 0.15) is 60.1 Å². The number of nitrogens with zero attached hydrogens (tertiary/aromatic N) is 3. The number of benzene rings is 2. The zero-order valence-electron chi connectivity index (χ0n) is 71.4. The number of rotatable bonds is 51. The number of carbonyl (C=O) groups excluding carboxylic acids is 11. The molecule has 0 spiro atoms. The molecule has 0 aliphatic carbocycles. The smallest absolute Gasteiger partial charge is 0.312 e. The molecule has 31 heteroatoms. The Balaban J connectivity index is 1.01. The van der Waals surface area contributed by atoms with Gasteiger partial charge in [0, 0.05) is 123 Å². The number of likely N-dealkylation sites (N-methyl/N-ethyl adjacent to an activating group) is 3. The third-order valence-electron chi connectivity index (χ3n) is 24.2. The zero-order chi connectivity index (χ0) is 86.8. The normalized spacial score (nSPS) is 25.3. The van der Waals surface area contributed by atoms with Crippen molar-refractivity contribution in [1.29, 1.82) is 0 Å². The molecule has 23 atom stereocenters. The van der Waals surface area contributed by atoms with E-state index in [1.807, 2.05) is 103 Å². The first-order valence-electron chi connectivity index (χ1n) is 41.9. The average Bonchev–Trinajstić information content (AvgIpc) is 1.80. The second-order valence-corrected chi connectivity index (χ2v) is 34.0. The van der Waals surface area contributed by atoms with Gasteiger partial charge in [-0.3, -0.25) is 52.8 Å². The van der Waals surface area contributed by atoms with Crippen molar-refractivity contribution in [1.82, 2.24) is 41.3 Å². The molecule has 2 aromatic carbocycles. The lowest BCUT2D eigenvalue weighted by Gasteiger charge is -2.41. The summed E-state index contributed by atoms with van der Waals surface area (Å²) >= 11 is 0. The van der Waals surface area contributed by atoms with E-state index >= 15 is 0 Å². The summed E-state index contributed by atoms with van der Waals surface area (Å²) in [6.07, 6.45) is -14.9. The topological polar surface area (TPSA) is 451 Å². The molecule has 0 bridgehead atoms. The highest BCUT2D eigenvalue weighted by Crippen LogP contribution is 2.35. The van der Waals surface area contributed by atoms with Gasteiger partial charge in [0.2, 0.25) is 29.5 Å². The molecule has 117 heavy (non-hydrogen) atoms. The van der Waals surface area contributed by atoms with E-state index in [9.17, 15) is 83.4 Å². The molecule has 0 radical (unpaired) electrons. The number of aliphatic hydroxyl groups is 6. The van der Waals surface area contributed by atoms with Crippen LogP contribution in [-0.2, 0) is 90.9 Å². The lowest BCUT2D eigenvalue weighted by Crippen LogP contribution is -2.54. The Morgan fingerprint density at radius 2 is 1.17 bits per heavy atom. The number of methoxy groups -OCH3 is 2. The molecule has 10 unspecified atom stereocenters. The summed E-state index contributed by atoms with van der Waals surface area (Å²) in [4.78, 5) is 157. The number of aliphatic hydroxyl groups excluding tert-OH is 6. The van der Waals surface area contributed by atoms with Gasteiger partial charge in [-0.2, -0.15) is 0 Å². The minimum absolute atomic E-state index is 0.00291. The van der Waals surface area contributed by atoms with E-state index in [4.69, 9.17) is 29.4 Å². The standard InChI is InChI=1S/C86H137N9O22/c1-16-50(8)75(94(13)85(111)59(48(4)5)42-64(100)74(49(6)7)93(11)12)66(113-14)44-73(102)95-35-21-25-61(95)82(114-15)51(9)62(98)38-55(36-53-22-18-17-19-23-53)83(109)89-34-32-52-26-28-54(29-27-52)37-63(99)60(24-20-33-90-86(87)112)92-84(110)58(47(2)3)39-57(97)41-68-78(105)81(108)71(117-68)46-91-72(101)43-69-79(106)76(103)65(115-69)31-30-56(96)40-67-77(104)80(107)70(116-67)45-88-10/h17-19,22-23,26-29,47-51,55,58-61,65-71,74-82,88,103-108H,16,20-21,24-25,30-46H2,1-15H3,(H,89,109)(H,91,101)(H,92,110)(H3,87,90,112)/t50-,51?,55+,58+,59-,60+,61?,65+,66?,67-,68-,69-,70+,71+,74?,75?,76+,77?,78?,79-,80?,81?,82?/m0/s1. The van der Waals surface area contributed by atoms with Gasteiger partial charge in [0.15, 0.2) is 11.6 Å². The van der Waals surface area contributed by atoms with Crippen molar-refractivity contribution in [3.63, 3.8) is 0 Å². The number of nitrogens with one attached hydrogen (secondary N) is 5. The Hall–Kier alpha value is -7.11. The van der Waals surface area contributed by atoms with Crippen molar-refractivity contribution < 1.29 is 107 Å². The van der Waals surface area contributed by atoms with Gasteiger partial charge < -0.3 is 96.4 Å². The first-order chi connectivity index (χ1) is 55.4. The zero-order valence-corrected chi connectivity index (χ0v) is 71.4. The summed E-state index contributed by atoms with van der Waals surface area (Å²) in [5.74, 6) is -7.01. The van der Waals surface area contributed by atoms with Crippen molar-refractivity contribution in [3.05, 3.63) is 71.3 Å². The van der Waals surface area contributed by atoms with Gasteiger partial charge in [-0.25, -0.2) is 4.79 Å². The maximum Gasteiger partial charge on any atom is 0.312 e. The van der Waals surface area contributed by atoms with E-state index in [1.54, 1.807) is 63.9 Å². The number of likely N-dealkylation sites (tertiary alicyclic amines) is 1. The van der Waals surface area contributed by atoms with Crippen LogP contribution in [0.2, 0.25) is 0 Å². The quantitative estimate of drug-likeness (QED) is 0.0423. The van der Waals surface area contributed by atoms with E-state index < -0.39 is 170 Å². The maximum atomic E-state index is 14.7. The van der Waals surface area contributed by atoms with Crippen LogP contribution < -0.4 is 32.3 Å². The van der Waals surface area contributed by atoms with Crippen LogP contribution in [0.15, 0.2) is 54.6 Å². The highest BCUT2D eigenvalue weighted by Gasteiger charge is 2.49. The van der Waals surface area contributed by atoms with Gasteiger partial charge in [-0.05, 0) is 106 Å². The SMILES string of the molecule is CC[C@H](C)C(C(CC(=O)N1CCCC1C(OC)C(C)C(=O)C[C@@H](Cc1ccccc1)C(=O)NCCc1ccc(CC(=O)[C@@H](CCCNC(N)=O)NC(=O)[C@H](CC(=O)C[C@@H]2O[C@H](CNC(=O)C[C@@H]3O[C@H](CCC(=O)C[C@@H]4O[C@H](CNC)C(O)C4O)[C@@H](O)[C@H]3O)C(O)C2O)C(C)C)cc1)OC)N(C)C(=O)[C@@H](CC(=O)C(C(C)C)N(C)C)C(C)C. The molecule has 0 aromatic heterocycles. The molecule has 7 amide bonds. The predicted molar refractivity (Wildman–Crippen MR) is 435 cm³/mol. The second-order valence-electron chi connectivity index (χ2n) is 34.0. The Kier molecular flexibility index (Phi) is 40.3. The van der Waals surface area contributed by atoms with Crippen LogP contribution >= 0.6 is 0 Å². The van der Waals surface area contributed by atoms with Crippen molar-refractivity contribution >= 4 is 64.5 Å². The first kappa shape index (κ1) is 98.7. The molecular weight excluding hydrogens is 1510 g/mol. The van der Waals surface area contributed by atoms with Crippen molar-refractivity contribution in [2.75, 3.05) is 75.1 Å². The van der Waals surface area contributed by atoms with E-state index in [2.05, 4.69) is 26.6 Å². The highest BCUT2D eigenvalue weighted by atomic mass is 16.6. The number of nitrogens with two attached hydrogens (primary N) is 1. The van der Waals surface area contributed by atoms with Crippen LogP contribution in [0.25, 0.3) is 0 Å². The molecule has 2 aromatic rings. The number of ketones is 5. The molecule has 4 heterocycles. The van der Waals surface area contributed by atoms with Crippen molar-refractivity contribution in [2.45, 2.75) is 281 Å². The molecule has 6 rings (SSSR count). The van der Waals surface area contributed by atoms with E-state index in [1.165, 1.54) is 7.11 Å². The van der Waals surface area contributed by atoms with Gasteiger partial charge in [-0.15, -0.1) is 0 Å². The van der Waals surface area contributed by atoms with Crippen LogP contribution in [0, 0.1) is 47.3 Å². The first-order valence-corrected chi connectivity index (χ1v) is 41.9. The molecule has 4 aliphatic heterocycles. The van der Waals surface area contributed by atoms with Crippen LogP contribution in [0.4, 0.5) is 4.79 Å². The number of urea groups is 1. The summed E-state index contributed by atoms with van der Waals surface area (Å²) in [5.41, 5.74) is 7.62. The lowest BCUT2D eigenvalue weighted by atomic mass is 9.83. The summed E-state index contributed by atoms with van der Waals surface area (Å²) in [7, 11) is 10.2. The van der Waals surface area contributed by atoms with Gasteiger partial charge in [-0.1, -0.05) is 123 Å². The summed E-state index contributed by atoms with van der Waals surface area (Å²) in [6.45, 7) is 17.9. The maximum absolute atomic E-state index is 14.7. The van der Waals surface area contributed by atoms with E-state index in [-0.39, 0.29) is 161 Å². The average molecular weight is 1650 g/mol. The van der Waals surface area contributed by atoms with Gasteiger partial charge in [0.05, 0.1) is 79.7 Å². The molecule has 658 valence electrons. The van der Waals surface area contributed by atoms with Gasteiger partial charge >= 0.3 is 6.03 Å². The largest absolute Gasteiger partial charge is 0.388 e. The summed E-state index contributed by atoms with van der Waals surface area (Å²) in [5, 5.41) is 78.0. The fourth-order valence-electron chi connectivity index (χ4n) is 17.2. The van der Waals surface area contributed by atoms with Crippen molar-refractivity contribution in [2.24, 2.45) is 53.1 Å². The number of amides is 7. The number of carbonyl (C=O) groups is 11. The summed E-state index contributed by atoms with van der Waals surface area (Å²) < 4.78 is 29.6. The number of hydrogen-bond acceptors (Lipinski definition) is 24. The predicted octanol–water partition coefficient (Wildman–Crippen LogP) is 2.50. The summed E-state index contributed by atoms with van der Waals surface area (Å²) in [6, 6.07) is 13.4. The highest BCUT2D eigenvalue weighted by molar-refractivity contribution is 5.94. The molecule has 4 saturated heterocycles. The van der Waals surface area contributed by atoms with Crippen LogP contribution in [-0.4, -0.2) is 295 Å². The molecule has 0 saturated carbocycles. The minimum atomic E-state index is -1.57. The van der Waals surface area contributed by atoms with Crippen molar-refractivity contribution in [3.8, 4) is 0 Å². The monoisotopic (exact) mass is 1650 g/mol. The molecule has 4 aliphatic rings. The Morgan fingerprint density at radius 3 is 1.74 bits per heavy atom. The van der Waals surface area contributed by atoms with Gasteiger partial charge in [0.25, 0.3) is 0 Å². The Bertz CT molecular complexity index is 3530.